The third kappa shape index (κ3) is 3.40. The Hall–Kier alpha value is -0.900. The zero-order valence-electron chi connectivity index (χ0n) is 13.4. The molecule has 1 atom stereocenters. The van der Waals surface area contributed by atoms with Crippen molar-refractivity contribution in [2.24, 2.45) is 5.73 Å². The molecule has 3 heteroatoms. The van der Waals surface area contributed by atoms with Crippen LogP contribution in [0.25, 0.3) is 0 Å². The number of nitrogens with two attached hydrogens (primary N) is 1. The smallest absolute Gasteiger partial charge is 0.0474 e. The summed E-state index contributed by atoms with van der Waals surface area (Å²) in [5.41, 5.74) is 9.08. The van der Waals surface area contributed by atoms with Crippen LogP contribution in [0.5, 0.6) is 0 Å². The highest BCUT2D eigenvalue weighted by Crippen LogP contribution is 2.25. The van der Waals surface area contributed by atoms with Gasteiger partial charge in [-0.1, -0.05) is 24.3 Å². The fraction of sp³-hybridized carbons (Fsp3) is 0.647. The van der Waals surface area contributed by atoms with E-state index >= 15 is 0 Å². The van der Waals surface area contributed by atoms with Crippen LogP contribution in [0.2, 0.25) is 0 Å². The molecule has 1 aliphatic heterocycles. The molecule has 2 N–H and O–H groups in total. The van der Waals surface area contributed by atoms with Gasteiger partial charge < -0.3 is 5.73 Å². The molecule has 1 aromatic rings. The molecule has 0 amide bonds. The van der Waals surface area contributed by atoms with Gasteiger partial charge in [0.1, 0.15) is 0 Å². The average molecular weight is 275 g/mol. The van der Waals surface area contributed by atoms with Crippen LogP contribution in [0.15, 0.2) is 24.3 Å². The van der Waals surface area contributed by atoms with Crippen molar-refractivity contribution in [3.05, 3.63) is 35.4 Å². The molecular weight excluding hydrogens is 246 g/mol. The van der Waals surface area contributed by atoms with Crippen molar-refractivity contribution in [1.29, 1.82) is 0 Å². The van der Waals surface area contributed by atoms with Crippen molar-refractivity contribution in [3.63, 3.8) is 0 Å². The Balaban J connectivity index is 2.06. The zero-order chi connectivity index (χ0) is 14.8. The number of hydrogen-bond acceptors (Lipinski definition) is 3. The van der Waals surface area contributed by atoms with E-state index < -0.39 is 0 Å². The van der Waals surface area contributed by atoms with Gasteiger partial charge in [0.15, 0.2) is 0 Å². The Morgan fingerprint density at radius 2 is 1.70 bits per heavy atom. The number of benzene rings is 1. The van der Waals surface area contributed by atoms with Crippen molar-refractivity contribution in [3.8, 4) is 0 Å². The van der Waals surface area contributed by atoms with Crippen LogP contribution in [0.3, 0.4) is 0 Å². The lowest BCUT2D eigenvalue weighted by Crippen LogP contribution is -2.54. The van der Waals surface area contributed by atoms with Crippen LogP contribution in [-0.2, 0) is 0 Å². The summed E-state index contributed by atoms with van der Waals surface area (Å²) >= 11 is 0. The van der Waals surface area contributed by atoms with Gasteiger partial charge in [0.05, 0.1) is 0 Å². The molecule has 2 rings (SSSR count). The molecule has 0 radical (unpaired) electrons. The third-order valence-corrected chi connectivity index (χ3v) is 4.47. The summed E-state index contributed by atoms with van der Waals surface area (Å²) in [6.45, 7) is 14.2. The lowest BCUT2D eigenvalue weighted by atomic mass is 9.98. The second kappa shape index (κ2) is 6.25. The Morgan fingerprint density at radius 3 is 2.20 bits per heavy atom. The highest BCUT2D eigenvalue weighted by Gasteiger charge is 2.29. The van der Waals surface area contributed by atoms with E-state index in [4.69, 9.17) is 5.73 Å². The monoisotopic (exact) mass is 275 g/mol. The van der Waals surface area contributed by atoms with Crippen molar-refractivity contribution in [2.75, 3.05) is 32.7 Å². The van der Waals surface area contributed by atoms with Crippen LogP contribution < -0.4 is 5.73 Å². The van der Waals surface area contributed by atoms with Gasteiger partial charge in [-0.3, -0.25) is 9.80 Å². The minimum atomic E-state index is 0.271. The minimum absolute atomic E-state index is 0.271. The van der Waals surface area contributed by atoms with Gasteiger partial charge in [-0.25, -0.2) is 0 Å². The molecule has 0 aliphatic carbocycles. The first-order valence-electron chi connectivity index (χ1n) is 7.68. The molecule has 112 valence electrons. The van der Waals surface area contributed by atoms with E-state index in [-0.39, 0.29) is 5.54 Å². The summed E-state index contributed by atoms with van der Waals surface area (Å²) in [5.74, 6) is 0. The molecule has 0 bridgehead atoms. The van der Waals surface area contributed by atoms with Crippen LogP contribution in [0.4, 0.5) is 0 Å². The number of piperazine rings is 1. The van der Waals surface area contributed by atoms with Crippen LogP contribution in [0, 0.1) is 6.92 Å². The fourth-order valence-corrected chi connectivity index (χ4v) is 3.14. The van der Waals surface area contributed by atoms with Crippen molar-refractivity contribution < 1.29 is 0 Å². The summed E-state index contributed by atoms with van der Waals surface area (Å²) in [4.78, 5) is 5.11. The highest BCUT2D eigenvalue weighted by atomic mass is 15.3. The lowest BCUT2D eigenvalue weighted by molar-refractivity contribution is 0.0432. The van der Waals surface area contributed by atoms with Crippen molar-refractivity contribution in [2.45, 2.75) is 39.3 Å². The van der Waals surface area contributed by atoms with Gasteiger partial charge in [0.25, 0.3) is 0 Å². The predicted octanol–water partition coefficient (Wildman–Crippen LogP) is 2.41. The zero-order valence-corrected chi connectivity index (χ0v) is 13.4. The first kappa shape index (κ1) is 15.5. The quantitative estimate of drug-likeness (QED) is 0.919. The van der Waals surface area contributed by atoms with E-state index in [2.05, 4.69) is 61.8 Å². The number of nitrogens with zero attached hydrogens (tertiary/aromatic N) is 2. The average Bonchev–Trinajstić information content (AvgIpc) is 2.41. The number of hydrogen-bond donors (Lipinski definition) is 1. The second-order valence-electron chi connectivity index (χ2n) is 6.80. The van der Waals surface area contributed by atoms with Gasteiger partial charge in [-0.15, -0.1) is 0 Å². The highest BCUT2D eigenvalue weighted by molar-refractivity contribution is 5.29. The Bertz CT molecular complexity index is 428. The van der Waals surface area contributed by atoms with Gasteiger partial charge in [0.2, 0.25) is 0 Å². The lowest BCUT2D eigenvalue weighted by Gasteiger charge is -2.44. The third-order valence-electron chi connectivity index (χ3n) is 4.47. The van der Waals surface area contributed by atoms with Crippen LogP contribution >= 0.6 is 0 Å². The van der Waals surface area contributed by atoms with E-state index in [1.54, 1.807) is 0 Å². The van der Waals surface area contributed by atoms with E-state index in [1.165, 1.54) is 11.1 Å². The molecule has 1 unspecified atom stereocenters. The summed E-state index contributed by atoms with van der Waals surface area (Å²) in [6, 6.07) is 8.99. The molecule has 1 aliphatic rings. The fourth-order valence-electron chi connectivity index (χ4n) is 3.14. The Morgan fingerprint density at radius 1 is 1.10 bits per heavy atom. The van der Waals surface area contributed by atoms with Crippen molar-refractivity contribution in [1.82, 2.24) is 9.80 Å². The van der Waals surface area contributed by atoms with Gasteiger partial charge in [-0.2, -0.15) is 0 Å². The van der Waals surface area contributed by atoms with Crippen LogP contribution in [-0.4, -0.2) is 48.1 Å². The van der Waals surface area contributed by atoms with E-state index in [0.717, 1.165) is 26.2 Å². The molecule has 1 heterocycles. The second-order valence-corrected chi connectivity index (χ2v) is 6.80. The van der Waals surface area contributed by atoms with E-state index in [9.17, 15) is 0 Å². The van der Waals surface area contributed by atoms with E-state index in [1.807, 2.05) is 0 Å². The Labute approximate surface area is 123 Å². The molecule has 20 heavy (non-hydrogen) atoms. The topological polar surface area (TPSA) is 32.5 Å². The molecule has 1 fully saturated rings. The molecule has 0 saturated carbocycles. The van der Waals surface area contributed by atoms with E-state index in [0.29, 0.717) is 12.6 Å². The maximum atomic E-state index is 6.07. The molecule has 1 aromatic carbocycles. The van der Waals surface area contributed by atoms with Gasteiger partial charge in [-0.05, 0) is 38.8 Å². The summed E-state index contributed by atoms with van der Waals surface area (Å²) in [5, 5.41) is 0. The number of aryl methyl sites for hydroxylation is 1. The normalized spacial score (nSPS) is 20.1. The largest absolute Gasteiger partial charge is 0.329 e. The predicted molar refractivity (Wildman–Crippen MR) is 85.9 cm³/mol. The SMILES string of the molecule is Cc1ccccc1C(CN)N1CCN(C(C)(C)C)CC1. The minimum Gasteiger partial charge on any atom is -0.329 e. The standard InChI is InChI=1S/C17H29N3/c1-14-7-5-6-8-15(14)16(13-18)19-9-11-20(12-10-19)17(2,3)4/h5-8,16H,9-13,18H2,1-4H3. The number of rotatable bonds is 3. The summed E-state index contributed by atoms with van der Waals surface area (Å²) in [6.07, 6.45) is 0. The first-order valence-corrected chi connectivity index (χ1v) is 7.68. The Kier molecular flexibility index (Phi) is 4.84. The molecular formula is C17H29N3. The maximum Gasteiger partial charge on any atom is 0.0474 e. The molecule has 0 spiro atoms. The van der Waals surface area contributed by atoms with Gasteiger partial charge in [0, 0.05) is 44.3 Å². The maximum absolute atomic E-state index is 6.07. The van der Waals surface area contributed by atoms with Crippen molar-refractivity contribution >= 4 is 0 Å². The van der Waals surface area contributed by atoms with Crippen LogP contribution in [0.1, 0.15) is 37.9 Å². The first-order chi connectivity index (χ1) is 9.43. The summed E-state index contributed by atoms with van der Waals surface area (Å²) < 4.78 is 0. The molecule has 3 nitrogen and oxygen atoms in total. The molecule has 0 aromatic heterocycles. The van der Waals surface area contributed by atoms with Gasteiger partial charge >= 0.3 is 0 Å². The summed E-state index contributed by atoms with van der Waals surface area (Å²) in [7, 11) is 0. The molecule has 1 saturated heterocycles.